The lowest BCUT2D eigenvalue weighted by atomic mass is 9.95. The molecule has 0 radical (unpaired) electrons. The van der Waals surface area contributed by atoms with Gasteiger partial charge in [0.1, 0.15) is 0 Å². The van der Waals surface area contributed by atoms with E-state index < -0.39 is 11.8 Å². The number of carbonyl (C=O) groups excluding carboxylic acids is 3. The number of aryl methyl sites for hydroxylation is 1. The van der Waals surface area contributed by atoms with E-state index in [0.717, 1.165) is 56.1 Å². The summed E-state index contributed by atoms with van der Waals surface area (Å²) < 4.78 is 0. The molecule has 1 aliphatic carbocycles. The van der Waals surface area contributed by atoms with Gasteiger partial charge >= 0.3 is 11.8 Å². The zero-order valence-electron chi connectivity index (χ0n) is 20.1. The summed E-state index contributed by atoms with van der Waals surface area (Å²) in [5.41, 5.74) is 2.48. The summed E-state index contributed by atoms with van der Waals surface area (Å²) in [6.07, 6.45) is 9.34. The van der Waals surface area contributed by atoms with Crippen LogP contribution in [0.1, 0.15) is 64.4 Å². The highest BCUT2D eigenvalue weighted by atomic mass is 16.2. The number of likely N-dealkylation sites (tertiary alicyclic amines) is 1. The van der Waals surface area contributed by atoms with Crippen LogP contribution < -0.4 is 15.5 Å². The summed E-state index contributed by atoms with van der Waals surface area (Å²) in [6, 6.07) is 6.33. The summed E-state index contributed by atoms with van der Waals surface area (Å²) in [7, 11) is 0. The van der Waals surface area contributed by atoms with E-state index in [1.54, 1.807) is 4.90 Å². The molecule has 2 aliphatic heterocycles. The van der Waals surface area contributed by atoms with Crippen molar-refractivity contribution in [2.24, 2.45) is 11.8 Å². The van der Waals surface area contributed by atoms with Crippen molar-refractivity contribution in [3.8, 4) is 0 Å². The van der Waals surface area contributed by atoms with Crippen molar-refractivity contribution in [3.05, 3.63) is 23.8 Å². The van der Waals surface area contributed by atoms with Crippen molar-refractivity contribution >= 4 is 29.1 Å². The predicted molar refractivity (Wildman–Crippen MR) is 130 cm³/mol. The van der Waals surface area contributed by atoms with Crippen molar-refractivity contribution in [2.75, 3.05) is 36.4 Å². The molecule has 180 valence electrons. The highest BCUT2D eigenvalue weighted by Crippen LogP contribution is 2.31. The minimum atomic E-state index is -0.657. The summed E-state index contributed by atoms with van der Waals surface area (Å²) in [4.78, 5) is 41.9. The number of rotatable bonds is 5. The molecule has 33 heavy (non-hydrogen) atoms. The molecule has 2 heterocycles. The zero-order valence-corrected chi connectivity index (χ0v) is 20.1. The van der Waals surface area contributed by atoms with Gasteiger partial charge in [-0.2, -0.15) is 0 Å². The molecule has 0 unspecified atom stereocenters. The van der Waals surface area contributed by atoms with Crippen LogP contribution in [0.15, 0.2) is 18.2 Å². The van der Waals surface area contributed by atoms with Crippen molar-refractivity contribution < 1.29 is 14.4 Å². The molecule has 1 saturated carbocycles. The van der Waals surface area contributed by atoms with E-state index in [9.17, 15) is 14.4 Å². The van der Waals surface area contributed by atoms with Crippen LogP contribution in [0.3, 0.4) is 0 Å². The second-order valence-electron chi connectivity index (χ2n) is 10.2. The molecule has 7 heteroatoms. The topological polar surface area (TPSA) is 81.8 Å². The van der Waals surface area contributed by atoms with Gasteiger partial charge in [0.05, 0.1) is 0 Å². The third-order valence-electron chi connectivity index (χ3n) is 7.47. The van der Waals surface area contributed by atoms with Gasteiger partial charge in [0.25, 0.3) is 0 Å². The van der Waals surface area contributed by atoms with Crippen molar-refractivity contribution in [1.82, 2.24) is 10.2 Å². The molecule has 1 aromatic rings. The monoisotopic (exact) mass is 454 g/mol. The number of fused-ring (bicyclic) bond motifs is 1. The van der Waals surface area contributed by atoms with Crippen LogP contribution in [0.5, 0.6) is 0 Å². The molecule has 1 saturated heterocycles. The Bertz CT molecular complexity index is 870. The van der Waals surface area contributed by atoms with Gasteiger partial charge in [0.2, 0.25) is 5.91 Å². The van der Waals surface area contributed by atoms with Crippen LogP contribution >= 0.6 is 0 Å². The number of nitrogens with one attached hydrogen (secondary N) is 2. The van der Waals surface area contributed by atoms with Gasteiger partial charge in [-0.15, -0.1) is 0 Å². The van der Waals surface area contributed by atoms with E-state index in [1.807, 2.05) is 32.0 Å². The number of carbonyl (C=O) groups is 3. The molecule has 3 amide bonds. The number of hydrogen-bond acceptors (Lipinski definition) is 4. The van der Waals surface area contributed by atoms with E-state index in [-0.39, 0.29) is 11.8 Å². The first-order valence-corrected chi connectivity index (χ1v) is 12.7. The number of amides is 3. The number of benzene rings is 1. The largest absolute Gasteiger partial charge is 0.348 e. The molecule has 7 nitrogen and oxygen atoms in total. The van der Waals surface area contributed by atoms with E-state index in [4.69, 9.17) is 0 Å². The van der Waals surface area contributed by atoms with Gasteiger partial charge in [0, 0.05) is 36.4 Å². The Balaban J connectivity index is 1.27. The molecular weight excluding hydrogens is 416 g/mol. The number of anilines is 2. The average Bonchev–Trinajstić information content (AvgIpc) is 3.37. The molecule has 4 rings (SSSR count). The Hall–Kier alpha value is -2.41. The standard InChI is InChI=1S/C26H38N4O3/c1-18(2)26(33)30-13-5-6-20-9-10-21(16-23(20)30)28-25(32)24(31)27-17-19-11-14-29(15-12-19)22-7-3-4-8-22/h9-10,16,18-19,22H,3-8,11-15,17H2,1-2H3,(H,27,31)(H,28,32). The molecule has 0 spiro atoms. The predicted octanol–water partition coefficient (Wildman–Crippen LogP) is 3.33. The van der Waals surface area contributed by atoms with Crippen LogP contribution in [-0.4, -0.2) is 54.8 Å². The molecular formula is C26H38N4O3. The highest BCUT2D eigenvalue weighted by Gasteiger charge is 2.28. The molecule has 0 bridgehead atoms. The van der Waals surface area contributed by atoms with E-state index in [2.05, 4.69) is 15.5 Å². The van der Waals surface area contributed by atoms with E-state index in [1.165, 1.54) is 25.7 Å². The lowest BCUT2D eigenvalue weighted by Crippen LogP contribution is -2.44. The van der Waals surface area contributed by atoms with E-state index >= 15 is 0 Å². The molecule has 2 N–H and O–H groups in total. The quantitative estimate of drug-likeness (QED) is 0.669. The van der Waals surface area contributed by atoms with Gasteiger partial charge in [-0.3, -0.25) is 14.4 Å². The summed E-state index contributed by atoms with van der Waals surface area (Å²) >= 11 is 0. The zero-order chi connectivity index (χ0) is 23.4. The van der Waals surface area contributed by atoms with Gasteiger partial charge in [-0.1, -0.05) is 32.8 Å². The van der Waals surface area contributed by atoms with E-state index in [0.29, 0.717) is 24.7 Å². The maximum absolute atomic E-state index is 12.6. The fraction of sp³-hybridized carbons (Fsp3) is 0.654. The second-order valence-corrected chi connectivity index (χ2v) is 10.2. The average molecular weight is 455 g/mol. The van der Waals surface area contributed by atoms with Crippen molar-refractivity contribution in [1.29, 1.82) is 0 Å². The van der Waals surface area contributed by atoms with Crippen LogP contribution in [0, 0.1) is 11.8 Å². The summed E-state index contributed by atoms with van der Waals surface area (Å²) in [5.74, 6) is -0.836. The van der Waals surface area contributed by atoms with Crippen LogP contribution in [0.2, 0.25) is 0 Å². The molecule has 1 aromatic carbocycles. The summed E-state index contributed by atoms with van der Waals surface area (Å²) in [5, 5.41) is 5.54. The first-order valence-electron chi connectivity index (χ1n) is 12.7. The minimum absolute atomic E-state index is 0.0798. The second kappa shape index (κ2) is 10.7. The minimum Gasteiger partial charge on any atom is -0.348 e. The maximum Gasteiger partial charge on any atom is 0.313 e. The van der Waals surface area contributed by atoms with Crippen LogP contribution in [-0.2, 0) is 20.8 Å². The Morgan fingerprint density at radius 3 is 2.39 bits per heavy atom. The number of hydrogen-bond donors (Lipinski definition) is 2. The van der Waals surface area contributed by atoms with Crippen molar-refractivity contribution in [2.45, 2.75) is 71.3 Å². The van der Waals surface area contributed by atoms with Crippen LogP contribution in [0.4, 0.5) is 11.4 Å². The fourth-order valence-corrected chi connectivity index (χ4v) is 5.49. The maximum atomic E-state index is 12.6. The number of piperidine rings is 1. The fourth-order valence-electron chi connectivity index (χ4n) is 5.49. The summed E-state index contributed by atoms with van der Waals surface area (Å²) in [6.45, 7) is 7.21. The Morgan fingerprint density at radius 1 is 0.970 bits per heavy atom. The Labute approximate surface area is 197 Å². The normalized spacial score (nSPS) is 20.0. The highest BCUT2D eigenvalue weighted by molar-refractivity contribution is 6.39. The lowest BCUT2D eigenvalue weighted by molar-refractivity contribution is -0.136. The first kappa shape index (κ1) is 23.7. The number of nitrogens with zero attached hydrogens (tertiary/aromatic N) is 2. The smallest absolute Gasteiger partial charge is 0.313 e. The molecule has 0 aromatic heterocycles. The third kappa shape index (κ3) is 5.75. The van der Waals surface area contributed by atoms with Gasteiger partial charge in [-0.05, 0) is 75.2 Å². The SMILES string of the molecule is CC(C)C(=O)N1CCCc2ccc(NC(=O)C(=O)NCC3CCN(C4CCCC4)CC3)cc21. The Kier molecular flexibility index (Phi) is 7.68. The molecule has 3 aliphatic rings. The van der Waals surface area contributed by atoms with Gasteiger partial charge in [-0.25, -0.2) is 0 Å². The third-order valence-corrected chi connectivity index (χ3v) is 7.47. The van der Waals surface area contributed by atoms with Gasteiger partial charge in [0.15, 0.2) is 0 Å². The first-order chi connectivity index (χ1) is 15.9. The van der Waals surface area contributed by atoms with Crippen molar-refractivity contribution in [3.63, 3.8) is 0 Å². The van der Waals surface area contributed by atoms with Crippen LogP contribution in [0.25, 0.3) is 0 Å². The lowest BCUT2D eigenvalue weighted by Gasteiger charge is -2.36. The van der Waals surface area contributed by atoms with Gasteiger partial charge < -0.3 is 20.4 Å². The molecule has 2 fully saturated rings. The molecule has 0 atom stereocenters. The Morgan fingerprint density at radius 2 is 1.70 bits per heavy atom.